The van der Waals surface area contributed by atoms with Crippen LogP contribution in [0.1, 0.15) is 54.2 Å². The third-order valence-electron chi connectivity index (χ3n) is 6.25. The van der Waals surface area contributed by atoms with Crippen LogP contribution in [0.25, 0.3) is 0 Å². The van der Waals surface area contributed by atoms with Gasteiger partial charge in [-0.1, -0.05) is 32.0 Å². The number of nitrogens with one attached hydrogen (secondary N) is 2. The molecule has 0 unspecified atom stereocenters. The summed E-state index contributed by atoms with van der Waals surface area (Å²) in [5.41, 5.74) is 2.98. The molecule has 1 aliphatic carbocycles. The predicted molar refractivity (Wildman–Crippen MR) is 120 cm³/mol. The molecule has 0 bridgehead atoms. The number of benzene rings is 2. The largest absolute Gasteiger partial charge is 0.326 e. The van der Waals surface area contributed by atoms with E-state index in [1.807, 2.05) is 18.2 Å². The second-order valence-electron chi connectivity index (χ2n) is 8.93. The molecule has 2 aromatic rings. The number of ketones is 1. The Bertz CT molecular complexity index is 1110. The van der Waals surface area contributed by atoms with Gasteiger partial charge in [-0.3, -0.25) is 19.3 Å². The van der Waals surface area contributed by atoms with Gasteiger partial charge in [0.2, 0.25) is 5.91 Å². The van der Waals surface area contributed by atoms with Gasteiger partial charge in [0.15, 0.2) is 5.78 Å². The van der Waals surface area contributed by atoms with E-state index in [2.05, 4.69) is 10.6 Å². The molecular weight excluding hydrogens is 406 g/mol. The Morgan fingerprint density at radius 2 is 1.75 bits per heavy atom. The van der Waals surface area contributed by atoms with E-state index in [0.29, 0.717) is 11.3 Å². The first-order chi connectivity index (χ1) is 15.2. The lowest BCUT2D eigenvalue weighted by atomic mass is 9.89. The molecule has 0 aromatic heterocycles. The van der Waals surface area contributed by atoms with Crippen molar-refractivity contribution in [3.05, 3.63) is 64.7 Å². The summed E-state index contributed by atoms with van der Waals surface area (Å²) in [7, 11) is 0. The normalized spacial score (nSPS) is 19.8. The lowest BCUT2D eigenvalue weighted by Gasteiger charge is -2.23. The molecule has 1 saturated heterocycles. The SMILES string of the molecule is CC(C)C(=O)Nc1ccc(C(=O)CN2C(=O)N[C@@](C)(c3ccc4c(c3)CCC4)C2=O)cc1. The molecule has 0 radical (unpaired) electrons. The molecule has 4 rings (SSSR count). The van der Waals surface area contributed by atoms with Gasteiger partial charge in [0, 0.05) is 17.2 Å². The smallest absolute Gasteiger partial charge is 0.325 e. The van der Waals surface area contributed by atoms with Crippen molar-refractivity contribution in [1.29, 1.82) is 0 Å². The van der Waals surface area contributed by atoms with E-state index in [1.54, 1.807) is 45.0 Å². The van der Waals surface area contributed by atoms with Gasteiger partial charge in [-0.2, -0.15) is 0 Å². The minimum Gasteiger partial charge on any atom is -0.326 e. The Kier molecular flexibility index (Phi) is 5.59. The van der Waals surface area contributed by atoms with Gasteiger partial charge in [0.25, 0.3) is 5.91 Å². The van der Waals surface area contributed by atoms with Crippen molar-refractivity contribution in [2.45, 2.75) is 45.6 Å². The number of fused-ring (bicyclic) bond motifs is 1. The Hall–Kier alpha value is -3.48. The number of carbonyl (C=O) groups is 4. The number of imide groups is 1. The topological polar surface area (TPSA) is 95.6 Å². The summed E-state index contributed by atoms with van der Waals surface area (Å²) in [6, 6.07) is 11.8. The molecule has 166 valence electrons. The van der Waals surface area contributed by atoms with E-state index in [0.717, 1.165) is 29.7 Å². The Morgan fingerprint density at radius 3 is 2.44 bits per heavy atom. The minimum absolute atomic E-state index is 0.116. The zero-order chi connectivity index (χ0) is 23.0. The Morgan fingerprint density at radius 1 is 1.06 bits per heavy atom. The maximum atomic E-state index is 13.2. The highest BCUT2D eigenvalue weighted by atomic mass is 16.2. The van der Waals surface area contributed by atoms with Gasteiger partial charge in [0.1, 0.15) is 5.54 Å². The van der Waals surface area contributed by atoms with Crippen LogP contribution in [0.4, 0.5) is 10.5 Å². The van der Waals surface area contributed by atoms with E-state index in [-0.39, 0.29) is 24.2 Å². The first kappa shape index (κ1) is 21.7. The van der Waals surface area contributed by atoms with Crippen molar-refractivity contribution in [2.75, 3.05) is 11.9 Å². The van der Waals surface area contributed by atoms with Gasteiger partial charge < -0.3 is 10.6 Å². The minimum atomic E-state index is -1.19. The van der Waals surface area contributed by atoms with Crippen molar-refractivity contribution in [3.63, 3.8) is 0 Å². The van der Waals surface area contributed by atoms with Gasteiger partial charge in [-0.05, 0) is 67.1 Å². The van der Waals surface area contributed by atoms with Crippen molar-refractivity contribution in [2.24, 2.45) is 5.92 Å². The third kappa shape index (κ3) is 3.90. The molecule has 2 N–H and O–H groups in total. The fourth-order valence-electron chi connectivity index (χ4n) is 4.18. The first-order valence-electron chi connectivity index (χ1n) is 10.9. The van der Waals surface area contributed by atoms with Crippen LogP contribution in [0.15, 0.2) is 42.5 Å². The number of aryl methyl sites for hydroxylation is 2. The summed E-state index contributed by atoms with van der Waals surface area (Å²) in [6.45, 7) is 4.92. The van der Waals surface area contributed by atoms with Crippen molar-refractivity contribution < 1.29 is 19.2 Å². The summed E-state index contributed by atoms with van der Waals surface area (Å²) in [5.74, 6) is -1.06. The molecule has 1 heterocycles. The maximum absolute atomic E-state index is 13.2. The molecule has 7 nitrogen and oxygen atoms in total. The Balaban J connectivity index is 1.47. The van der Waals surface area contributed by atoms with Gasteiger partial charge in [-0.15, -0.1) is 0 Å². The molecular formula is C25H27N3O4. The standard InChI is InChI=1S/C25H27N3O4/c1-15(2)22(30)26-20-11-8-17(9-12-20)21(29)14-28-23(31)25(3,27-24(28)32)19-10-7-16-5-4-6-18(16)13-19/h7-13,15H,4-6,14H2,1-3H3,(H,26,30)(H,27,32)/t25-/m0/s1. The van der Waals surface area contributed by atoms with Crippen molar-refractivity contribution >= 4 is 29.3 Å². The van der Waals surface area contributed by atoms with E-state index < -0.39 is 17.5 Å². The molecule has 0 spiro atoms. The number of nitrogens with zero attached hydrogens (tertiary/aromatic N) is 1. The maximum Gasteiger partial charge on any atom is 0.325 e. The van der Waals surface area contributed by atoms with Crippen LogP contribution >= 0.6 is 0 Å². The van der Waals surface area contributed by atoms with Crippen LogP contribution in [0.3, 0.4) is 0 Å². The number of rotatable bonds is 6. The molecule has 4 amide bonds. The van der Waals surface area contributed by atoms with Crippen LogP contribution in [0.2, 0.25) is 0 Å². The molecule has 2 aromatic carbocycles. The zero-order valence-corrected chi connectivity index (χ0v) is 18.5. The fraction of sp³-hybridized carbons (Fsp3) is 0.360. The van der Waals surface area contributed by atoms with Gasteiger partial charge in [0.05, 0.1) is 6.54 Å². The number of anilines is 1. The number of hydrogen-bond acceptors (Lipinski definition) is 4. The molecule has 7 heteroatoms. The summed E-state index contributed by atoms with van der Waals surface area (Å²) in [5, 5.41) is 5.54. The highest BCUT2D eigenvalue weighted by molar-refractivity contribution is 6.11. The highest BCUT2D eigenvalue weighted by Gasteiger charge is 2.49. The fourth-order valence-corrected chi connectivity index (χ4v) is 4.18. The highest BCUT2D eigenvalue weighted by Crippen LogP contribution is 2.32. The van der Waals surface area contributed by atoms with Crippen LogP contribution in [0.5, 0.6) is 0 Å². The van der Waals surface area contributed by atoms with Crippen LogP contribution in [-0.2, 0) is 28.0 Å². The molecule has 1 aliphatic heterocycles. The van der Waals surface area contributed by atoms with Crippen molar-refractivity contribution in [1.82, 2.24) is 10.2 Å². The number of Topliss-reactive ketones (excluding diaryl/α,β-unsaturated/α-hetero) is 1. The molecule has 2 aliphatic rings. The van der Waals surface area contributed by atoms with Gasteiger partial charge in [-0.25, -0.2) is 4.79 Å². The average Bonchev–Trinajstić information content (AvgIpc) is 3.32. The van der Waals surface area contributed by atoms with E-state index in [9.17, 15) is 19.2 Å². The lowest BCUT2D eigenvalue weighted by molar-refractivity contribution is -0.130. The Labute approximate surface area is 187 Å². The molecule has 0 saturated carbocycles. The monoisotopic (exact) mass is 433 g/mol. The average molecular weight is 434 g/mol. The number of hydrogen-bond donors (Lipinski definition) is 2. The quantitative estimate of drug-likeness (QED) is 0.539. The van der Waals surface area contributed by atoms with E-state index in [4.69, 9.17) is 0 Å². The number of carbonyl (C=O) groups excluding carboxylic acids is 4. The summed E-state index contributed by atoms with van der Waals surface area (Å²) >= 11 is 0. The van der Waals surface area contributed by atoms with Gasteiger partial charge >= 0.3 is 6.03 Å². The lowest BCUT2D eigenvalue weighted by Crippen LogP contribution is -2.41. The van der Waals surface area contributed by atoms with E-state index in [1.165, 1.54) is 11.1 Å². The molecule has 1 fully saturated rings. The second-order valence-corrected chi connectivity index (χ2v) is 8.93. The molecule has 1 atom stereocenters. The van der Waals surface area contributed by atoms with Crippen molar-refractivity contribution in [3.8, 4) is 0 Å². The summed E-state index contributed by atoms with van der Waals surface area (Å²) < 4.78 is 0. The number of urea groups is 1. The second kappa shape index (κ2) is 8.22. The van der Waals surface area contributed by atoms with Crippen LogP contribution < -0.4 is 10.6 Å². The van der Waals surface area contributed by atoms with Crippen LogP contribution in [0, 0.1) is 5.92 Å². The van der Waals surface area contributed by atoms with E-state index >= 15 is 0 Å². The number of amides is 4. The predicted octanol–water partition coefficient (Wildman–Crippen LogP) is 3.42. The molecule has 32 heavy (non-hydrogen) atoms. The van der Waals surface area contributed by atoms with Crippen LogP contribution in [-0.4, -0.2) is 35.1 Å². The first-order valence-corrected chi connectivity index (χ1v) is 10.9. The zero-order valence-electron chi connectivity index (χ0n) is 18.5. The third-order valence-corrected chi connectivity index (χ3v) is 6.25. The summed E-state index contributed by atoms with van der Waals surface area (Å²) in [4.78, 5) is 51.4. The summed E-state index contributed by atoms with van der Waals surface area (Å²) in [6.07, 6.45) is 3.10.